The number of carbonyl (C=O) groups excluding carboxylic acids is 2. The Morgan fingerprint density at radius 1 is 1.31 bits per heavy atom. The number of nitrogens with zero attached hydrogens (tertiary/aromatic N) is 2. The number of nitrogens with one attached hydrogen (secondary N) is 1. The zero-order chi connectivity index (χ0) is 26.7. The van der Waals surface area contributed by atoms with Crippen molar-refractivity contribution >= 4 is 11.6 Å². The number of aliphatic hydroxyl groups is 2. The first-order chi connectivity index (χ1) is 15.9. The summed E-state index contributed by atoms with van der Waals surface area (Å²) in [5.74, 6) is -13.0. The Hall–Kier alpha value is -2.74. The van der Waals surface area contributed by atoms with Crippen LogP contribution in [0.25, 0.3) is 0 Å². The number of H-pyrrole nitrogens is 1. The van der Waals surface area contributed by atoms with Crippen LogP contribution in [-0.4, -0.2) is 79.9 Å². The summed E-state index contributed by atoms with van der Waals surface area (Å²) in [7, 11) is 1.56. The van der Waals surface area contributed by atoms with Crippen LogP contribution in [0.2, 0.25) is 0 Å². The fourth-order valence-corrected chi connectivity index (χ4v) is 4.09. The molecule has 2 aliphatic heterocycles. The van der Waals surface area contributed by atoms with Crippen molar-refractivity contribution in [3.05, 3.63) is 50.7 Å². The zero-order valence-electron chi connectivity index (χ0n) is 19.8. The van der Waals surface area contributed by atoms with Crippen LogP contribution in [0.3, 0.4) is 0 Å². The van der Waals surface area contributed by atoms with Crippen LogP contribution in [0.1, 0.15) is 32.6 Å². The molecule has 10 nitrogen and oxygen atoms in total. The summed E-state index contributed by atoms with van der Waals surface area (Å²) in [6, 6.07) is 0. The molecule has 2 aliphatic rings. The molecule has 0 bridgehead atoms. The molecule has 0 amide bonds. The normalized spacial score (nSPS) is 31.4. The Morgan fingerprint density at radius 3 is 2.46 bits per heavy atom. The van der Waals surface area contributed by atoms with Gasteiger partial charge in [-0.05, 0) is 14.0 Å². The number of hydrogen-bond acceptors (Lipinski definition) is 8. The van der Waals surface area contributed by atoms with Gasteiger partial charge in [0.15, 0.2) is 12.4 Å². The zero-order valence-corrected chi connectivity index (χ0v) is 19.8. The van der Waals surface area contributed by atoms with Crippen LogP contribution in [0, 0.1) is 18.8 Å². The Balaban J connectivity index is 2.26. The van der Waals surface area contributed by atoms with Crippen LogP contribution in [-0.2, 0) is 14.3 Å². The Kier molecular flexibility index (Phi) is 6.47. The Labute approximate surface area is 198 Å². The monoisotopic (exact) mass is 502 g/mol. The summed E-state index contributed by atoms with van der Waals surface area (Å²) in [6.45, 7) is 4.72. The number of carbonyl (C=O) groups is 2. The van der Waals surface area contributed by atoms with Gasteiger partial charge in [0.1, 0.15) is 11.6 Å². The van der Waals surface area contributed by atoms with Gasteiger partial charge in [0.25, 0.3) is 11.3 Å². The average molecular weight is 502 g/mol. The SMILES string of the molecule is Cc1cn([C@@H]2O[C@](F)(C(O)(F)C(=O)C(C)(C)C)[C@](O)(C(=O)C3=C[CH+]CN(C)C3)C2F)c(=O)[nH]c1=O. The maximum atomic E-state index is 16.5. The molecule has 5 atom stereocenters. The van der Waals surface area contributed by atoms with Gasteiger partial charge in [0.2, 0.25) is 11.4 Å². The van der Waals surface area contributed by atoms with E-state index in [1.165, 1.54) is 24.3 Å². The highest BCUT2D eigenvalue weighted by molar-refractivity contribution is 6.05. The molecule has 13 heteroatoms. The van der Waals surface area contributed by atoms with Crippen LogP contribution in [0.15, 0.2) is 27.4 Å². The van der Waals surface area contributed by atoms with Crippen molar-refractivity contribution in [3.63, 3.8) is 0 Å². The van der Waals surface area contributed by atoms with Gasteiger partial charge in [-0.3, -0.25) is 28.8 Å². The van der Waals surface area contributed by atoms with Gasteiger partial charge in [-0.15, -0.1) is 0 Å². The lowest BCUT2D eigenvalue weighted by Gasteiger charge is -2.40. The minimum Gasteiger partial charge on any atom is -0.372 e. The fourth-order valence-electron chi connectivity index (χ4n) is 4.09. The minimum absolute atomic E-state index is 0.167. The van der Waals surface area contributed by atoms with Crippen molar-refractivity contribution in [2.75, 3.05) is 20.1 Å². The quantitative estimate of drug-likeness (QED) is 0.479. The molecule has 35 heavy (non-hydrogen) atoms. The number of likely N-dealkylation sites (N-methyl/N-ethyl adjacent to an activating group) is 1. The second-order valence-corrected chi connectivity index (χ2v) is 9.91. The van der Waals surface area contributed by atoms with Crippen molar-refractivity contribution in [1.29, 1.82) is 0 Å². The maximum Gasteiger partial charge on any atom is 0.330 e. The molecular formula is C22H27F3N3O7+. The van der Waals surface area contributed by atoms with Crippen LogP contribution >= 0.6 is 0 Å². The number of ether oxygens (including phenoxy) is 1. The predicted molar refractivity (Wildman–Crippen MR) is 115 cm³/mol. The van der Waals surface area contributed by atoms with Crippen LogP contribution in [0.5, 0.6) is 0 Å². The second-order valence-electron chi connectivity index (χ2n) is 9.91. The van der Waals surface area contributed by atoms with E-state index in [1.54, 1.807) is 7.05 Å². The van der Waals surface area contributed by atoms with E-state index in [-0.39, 0.29) is 17.7 Å². The van der Waals surface area contributed by atoms with E-state index in [4.69, 9.17) is 4.74 Å². The number of halogens is 3. The number of aromatic nitrogens is 2. The van der Waals surface area contributed by atoms with Gasteiger partial charge >= 0.3 is 17.4 Å². The molecule has 3 N–H and O–H groups in total. The lowest BCUT2D eigenvalue weighted by atomic mass is 9.74. The number of ketones is 2. The molecule has 2 unspecified atom stereocenters. The van der Waals surface area contributed by atoms with Gasteiger partial charge in [-0.1, -0.05) is 20.8 Å². The molecule has 3 heterocycles. The van der Waals surface area contributed by atoms with E-state index in [0.717, 1.165) is 27.0 Å². The molecule has 0 spiro atoms. The molecule has 0 aliphatic carbocycles. The summed E-state index contributed by atoms with van der Waals surface area (Å²) < 4.78 is 53.2. The third kappa shape index (κ3) is 3.96. The highest BCUT2D eigenvalue weighted by Crippen LogP contribution is 2.55. The summed E-state index contributed by atoms with van der Waals surface area (Å²) in [4.78, 5) is 53.4. The molecule has 0 saturated carbocycles. The molecule has 0 radical (unpaired) electrons. The summed E-state index contributed by atoms with van der Waals surface area (Å²) in [5, 5.41) is 21.7. The second kappa shape index (κ2) is 8.43. The predicted octanol–water partition coefficient (Wildman–Crippen LogP) is 0.0273. The number of aryl methyl sites for hydroxylation is 1. The lowest BCUT2D eigenvalue weighted by Crippen LogP contribution is -2.71. The first-order valence-electron chi connectivity index (χ1n) is 10.7. The van der Waals surface area contributed by atoms with E-state index in [9.17, 15) is 29.4 Å². The molecule has 1 fully saturated rings. The van der Waals surface area contributed by atoms with E-state index in [1.807, 2.05) is 4.98 Å². The van der Waals surface area contributed by atoms with Crippen molar-refractivity contribution in [1.82, 2.24) is 14.5 Å². The van der Waals surface area contributed by atoms with Gasteiger partial charge in [-0.2, -0.15) is 4.39 Å². The number of alkyl halides is 3. The van der Waals surface area contributed by atoms with E-state index in [2.05, 4.69) is 0 Å². The standard InChI is InChI=1S/C22H26F3N3O7/c1-11-9-28(18(32)26-15(11)30)16-13(23)20(33,14(29)12-7-6-8-27(5)10-12)22(25,35-16)21(24,34)17(31)19(2,3)4/h6-7,9,13,16,33-34H,8,10H2,1-5H3/p+1/t13?,16-,20-,21?,22+/m1/s1. The van der Waals surface area contributed by atoms with E-state index < -0.39 is 57.9 Å². The van der Waals surface area contributed by atoms with Gasteiger partial charge in [0, 0.05) is 17.2 Å². The number of hydrogen-bond donors (Lipinski definition) is 3. The van der Waals surface area contributed by atoms with Crippen LogP contribution in [0.4, 0.5) is 13.2 Å². The molecule has 1 aromatic rings. The maximum absolute atomic E-state index is 16.5. The highest BCUT2D eigenvalue weighted by atomic mass is 19.2. The van der Waals surface area contributed by atoms with E-state index in [0.29, 0.717) is 11.1 Å². The number of aromatic amines is 1. The first-order valence-corrected chi connectivity index (χ1v) is 10.7. The Morgan fingerprint density at radius 2 is 1.91 bits per heavy atom. The number of Topliss-reactive ketones (excluding diaryl/α,β-unsaturated/α-hetero) is 2. The van der Waals surface area contributed by atoms with Crippen molar-refractivity contribution < 1.29 is 37.7 Å². The molecule has 3 rings (SSSR count). The highest BCUT2D eigenvalue weighted by Gasteiger charge is 2.83. The van der Waals surface area contributed by atoms with Gasteiger partial charge in [0.05, 0.1) is 19.5 Å². The summed E-state index contributed by atoms with van der Waals surface area (Å²) >= 11 is 0. The molecule has 1 saturated heterocycles. The van der Waals surface area contributed by atoms with Crippen molar-refractivity contribution in [2.24, 2.45) is 5.41 Å². The largest absolute Gasteiger partial charge is 0.372 e. The third-order valence-corrected chi connectivity index (χ3v) is 6.07. The molecule has 192 valence electrons. The van der Waals surface area contributed by atoms with Crippen LogP contribution < -0.4 is 11.2 Å². The van der Waals surface area contributed by atoms with Gasteiger partial charge in [-0.25, -0.2) is 13.6 Å². The van der Waals surface area contributed by atoms with Gasteiger partial charge < -0.3 is 14.9 Å². The van der Waals surface area contributed by atoms with Crippen molar-refractivity contribution in [2.45, 2.75) is 57.4 Å². The topological polar surface area (TPSA) is 142 Å². The summed E-state index contributed by atoms with van der Waals surface area (Å²) in [5.41, 5.74) is -8.61. The van der Waals surface area contributed by atoms with Crippen molar-refractivity contribution in [3.8, 4) is 0 Å². The fraction of sp³-hybridized carbons (Fsp3) is 0.591. The summed E-state index contributed by atoms with van der Waals surface area (Å²) in [6.07, 6.45) is -2.39. The molecule has 1 aromatic heterocycles. The van der Waals surface area contributed by atoms with E-state index >= 15 is 13.2 Å². The number of rotatable bonds is 5. The Bertz CT molecular complexity index is 1200. The minimum atomic E-state index is -4.74. The lowest BCUT2D eigenvalue weighted by molar-refractivity contribution is -0.330. The third-order valence-electron chi connectivity index (χ3n) is 6.07. The smallest absolute Gasteiger partial charge is 0.330 e. The molecular weight excluding hydrogens is 475 g/mol. The molecule has 0 aromatic carbocycles. The first kappa shape index (κ1) is 26.9. The average Bonchev–Trinajstić information content (AvgIpc) is 2.97.